The summed E-state index contributed by atoms with van der Waals surface area (Å²) in [6.45, 7) is 4.80. The van der Waals surface area contributed by atoms with E-state index in [1.54, 1.807) is 0 Å². The Morgan fingerprint density at radius 3 is 2.75 bits per heavy atom. The van der Waals surface area contributed by atoms with Crippen LogP contribution in [0, 0.1) is 13.8 Å². The van der Waals surface area contributed by atoms with Crippen molar-refractivity contribution in [3.8, 4) is 0 Å². The van der Waals surface area contributed by atoms with Gasteiger partial charge >= 0.3 is 0 Å². The molecular formula is C16H14BrClN2. The Bertz CT molecular complexity index is 772. The molecule has 0 spiro atoms. The van der Waals surface area contributed by atoms with Gasteiger partial charge in [0.05, 0.1) is 17.8 Å². The van der Waals surface area contributed by atoms with Crippen LogP contribution in [0.25, 0.3) is 10.9 Å². The van der Waals surface area contributed by atoms with E-state index in [0.29, 0.717) is 6.54 Å². The monoisotopic (exact) mass is 348 g/mol. The number of hydrogen-bond donors (Lipinski definition) is 0. The third kappa shape index (κ3) is 2.36. The van der Waals surface area contributed by atoms with Gasteiger partial charge in [0, 0.05) is 14.9 Å². The predicted molar refractivity (Wildman–Crippen MR) is 87.5 cm³/mol. The highest BCUT2D eigenvalue weighted by atomic mass is 79.9. The van der Waals surface area contributed by atoms with Gasteiger partial charge in [-0.05, 0) is 49.2 Å². The number of rotatable bonds is 2. The summed E-state index contributed by atoms with van der Waals surface area (Å²) in [7, 11) is 0. The van der Waals surface area contributed by atoms with Crippen molar-refractivity contribution in [2.24, 2.45) is 0 Å². The molecule has 1 aromatic heterocycles. The molecule has 0 radical (unpaired) electrons. The maximum Gasteiger partial charge on any atom is 0.0700 e. The van der Waals surface area contributed by atoms with E-state index in [0.717, 1.165) is 26.3 Å². The smallest absolute Gasteiger partial charge is 0.0700 e. The van der Waals surface area contributed by atoms with Crippen LogP contribution < -0.4 is 0 Å². The standard InChI is InChI=1S/C16H14BrClN2/c1-10-4-3-5-15(18)14(10)9-20-16-8-12(17)6-7-13(16)11(2)19-20/h3-8H,9H2,1-2H3. The van der Waals surface area contributed by atoms with Crippen molar-refractivity contribution >= 4 is 38.4 Å². The molecule has 0 aliphatic heterocycles. The van der Waals surface area contributed by atoms with Gasteiger partial charge in [-0.3, -0.25) is 4.68 Å². The van der Waals surface area contributed by atoms with Crippen molar-refractivity contribution in [2.45, 2.75) is 20.4 Å². The average Bonchev–Trinajstić information content (AvgIpc) is 2.70. The lowest BCUT2D eigenvalue weighted by atomic mass is 10.1. The van der Waals surface area contributed by atoms with Gasteiger partial charge < -0.3 is 0 Å². The Hall–Kier alpha value is -1.32. The van der Waals surface area contributed by atoms with E-state index >= 15 is 0 Å². The minimum absolute atomic E-state index is 0.687. The fourth-order valence-corrected chi connectivity index (χ4v) is 3.08. The molecule has 2 aromatic carbocycles. The second-order valence-electron chi connectivity index (χ2n) is 4.94. The predicted octanol–water partition coefficient (Wildman–Crippen LogP) is 5.12. The number of benzene rings is 2. The maximum atomic E-state index is 6.32. The fraction of sp³-hybridized carbons (Fsp3) is 0.188. The van der Waals surface area contributed by atoms with E-state index in [9.17, 15) is 0 Å². The van der Waals surface area contributed by atoms with E-state index in [-0.39, 0.29) is 0 Å². The molecular weight excluding hydrogens is 336 g/mol. The normalized spacial score (nSPS) is 11.2. The second kappa shape index (κ2) is 5.23. The van der Waals surface area contributed by atoms with Crippen molar-refractivity contribution in [1.29, 1.82) is 0 Å². The Labute approximate surface area is 131 Å². The molecule has 0 amide bonds. The highest BCUT2D eigenvalue weighted by Gasteiger charge is 2.11. The first kappa shape index (κ1) is 13.7. The second-order valence-corrected chi connectivity index (χ2v) is 6.26. The van der Waals surface area contributed by atoms with Crippen molar-refractivity contribution in [3.05, 3.63) is 62.7 Å². The molecule has 4 heteroatoms. The molecule has 0 fully saturated rings. The summed E-state index contributed by atoms with van der Waals surface area (Å²) in [4.78, 5) is 0. The number of hydrogen-bond acceptors (Lipinski definition) is 1. The van der Waals surface area contributed by atoms with E-state index < -0.39 is 0 Å². The summed E-state index contributed by atoms with van der Waals surface area (Å²) >= 11 is 9.84. The lowest BCUT2D eigenvalue weighted by Crippen LogP contribution is -2.04. The Morgan fingerprint density at radius 1 is 1.20 bits per heavy atom. The third-order valence-corrected chi connectivity index (χ3v) is 4.41. The van der Waals surface area contributed by atoms with Gasteiger partial charge in [-0.2, -0.15) is 5.10 Å². The molecule has 0 unspecified atom stereocenters. The zero-order valence-corrected chi connectivity index (χ0v) is 13.7. The zero-order valence-electron chi connectivity index (χ0n) is 11.3. The Balaban J connectivity index is 2.14. The van der Waals surface area contributed by atoms with Gasteiger partial charge in [0.25, 0.3) is 0 Å². The molecule has 3 rings (SSSR count). The molecule has 0 bridgehead atoms. The molecule has 0 aliphatic carbocycles. The van der Waals surface area contributed by atoms with Crippen LogP contribution in [0.2, 0.25) is 5.02 Å². The highest BCUT2D eigenvalue weighted by molar-refractivity contribution is 9.10. The van der Waals surface area contributed by atoms with E-state index in [4.69, 9.17) is 11.6 Å². The van der Waals surface area contributed by atoms with Crippen LogP contribution in [-0.2, 0) is 6.54 Å². The van der Waals surface area contributed by atoms with Crippen LogP contribution >= 0.6 is 27.5 Å². The van der Waals surface area contributed by atoms with Crippen LogP contribution in [0.4, 0.5) is 0 Å². The van der Waals surface area contributed by atoms with Crippen LogP contribution in [-0.4, -0.2) is 9.78 Å². The molecule has 0 saturated heterocycles. The fourth-order valence-electron chi connectivity index (χ4n) is 2.45. The first-order valence-corrected chi connectivity index (χ1v) is 7.60. The van der Waals surface area contributed by atoms with Gasteiger partial charge in [-0.25, -0.2) is 0 Å². The lowest BCUT2D eigenvalue weighted by molar-refractivity contribution is 0.700. The number of aromatic nitrogens is 2. The highest BCUT2D eigenvalue weighted by Crippen LogP contribution is 2.26. The number of halogens is 2. The topological polar surface area (TPSA) is 17.8 Å². The van der Waals surface area contributed by atoms with Gasteiger partial charge in [-0.15, -0.1) is 0 Å². The van der Waals surface area contributed by atoms with Crippen molar-refractivity contribution in [2.75, 3.05) is 0 Å². The molecule has 0 atom stereocenters. The maximum absolute atomic E-state index is 6.32. The van der Waals surface area contributed by atoms with Crippen LogP contribution in [0.15, 0.2) is 40.9 Å². The number of fused-ring (bicyclic) bond motifs is 1. The SMILES string of the molecule is Cc1cccc(Cl)c1Cn1nc(C)c2ccc(Br)cc21. The molecule has 3 aromatic rings. The van der Waals surface area contributed by atoms with Crippen LogP contribution in [0.5, 0.6) is 0 Å². The first-order valence-electron chi connectivity index (χ1n) is 6.43. The summed E-state index contributed by atoms with van der Waals surface area (Å²) in [5.41, 5.74) is 4.47. The molecule has 0 saturated carbocycles. The van der Waals surface area contributed by atoms with E-state index in [1.807, 2.05) is 29.8 Å². The largest absolute Gasteiger partial charge is 0.260 e. The van der Waals surface area contributed by atoms with Crippen molar-refractivity contribution in [3.63, 3.8) is 0 Å². The van der Waals surface area contributed by atoms with Gasteiger partial charge in [0.15, 0.2) is 0 Å². The van der Waals surface area contributed by atoms with Crippen LogP contribution in [0.3, 0.4) is 0 Å². The summed E-state index contributed by atoms with van der Waals surface area (Å²) in [6, 6.07) is 12.2. The van der Waals surface area contributed by atoms with Gasteiger partial charge in [0.1, 0.15) is 0 Å². The average molecular weight is 350 g/mol. The van der Waals surface area contributed by atoms with E-state index in [1.165, 1.54) is 10.9 Å². The van der Waals surface area contributed by atoms with E-state index in [2.05, 4.69) is 46.2 Å². The molecule has 1 heterocycles. The van der Waals surface area contributed by atoms with Crippen molar-refractivity contribution < 1.29 is 0 Å². The molecule has 0 N–H and O–H groups in total. The van der Waals surface area contributed by atoms with Crippen molar-refractivity contribution in [1.82, 2.24) is 9.78 Å². The number of nitrogens with zero attached hydrogens (tertiary/aromatic N) is 2. The Kier molecular flexibility index (Phi) is 3.57. The molecule has 0 aliphatic rings. The molecule has 20 heavy (non-hydrogen) atoms. The third-order valence-electron chi connectivity index (χ3n) is 3.56. The van der Waals surface area contributed by atoms with Gasteiger partial charge in [0.2, 0.25) is 0 Å². The minimum Gasteiger partial charge on any atom is -0.260 e. The summed E-state index contributed by atoms with van der Waals surface area (Å²) in [5.74, 6) is 0. The summed E-state index contributed by atoms with van der Waals surface area (Å²) in [5, 5.41) is 6.62. The summed E-state index contributed by atoms with van der Waals surface area (Å²) in [6.07, 6.45) is 0. The Morgan fingerprint density at radius 2 is 2.00 bits per heavy atom. The van der Waals surface area contributed by atoms with Crippen LogP contribution in [0.1, 0.15) is 16.8 Å². The van der Waals surface area contributed by atoms with Gasteiger partial charge in [-0.1, -0.05) is 39.7 Å². The molecule has 2 nitrogen and oxygen atoms in total. The zero-order chi connectivity index (χ0) is 14.3. The quantitative estimate of drug-likeness (QED) is 0.628. The number of aryl methyl sites for hydroxylation is 2. The minimum atomic E-state index is 0.687. The molecule has 102 valence electrons. The summed E-state index contributed by atoms with van der Waals surface area (Å²) < 4.78 is 3.07. The lowest BCUT2D eigenvalue weighted by Gasteiger charge is -2.09. The first-order chi connectivity index (χ1) is 9.56.